The first-order chi connectivity index (χ1) is 9.86. The third-order valence-corrected chi connectivity index (χ3v) is 2.07. The van der Waals surface area contributed by atoms with E-state index in [0.29, 0.717) is 0 Å². The summed E-state index contributed by atoms with van der Waals surface area (Å²) in [6.07, 6.45) is -1.89. The van der Waals surface area contributed by atoms with E-state index in [4.69, 9.17) is 9.84 Å². The lowest BCUT2D eigenvalue weighted by Crippen LogP contribution is -2.29. The maximum Gasteiger partial charge on any atom is 0.347 e. The Morgan fingerprint density at radius 3 is 2.24 bits per heavy atom. The molecule has 0 amide bonds. The molecular weight excluding hydrogens is 288 g/mol. The van der Waals surface area contributed by atoms with E-state index in [-0.39, 0.29) is 19.6 Å². The molecule has 0 rings (SSSR count). The molecule has 0 aromatic rings. The minimum Gasteiger partial charge on any atom is -0.481 e. The van der Waals surface area contributed by atoms with Crippen LogP contribution in [0.5, 0.6) is 0 Å². The Labute approximate surface area is 121 Å². The molecule has 0 aromatic carbocycles. The average molecular weight is 306 g/mol. The van der Waals surface area contributed by atoms with Gasteiger partial charge in [0.05, 0.1) is 19.4 Å². The highest BCUT2D eigenvalue weighted by atomic mass is 16.6. The first-order valence-electron chi connectivity index (χ1n) is 6.09. The van der Waals surface area contributed by atoms with Crippen molar-refractivity contribution in [2.75, 3.05) is 26.9 Å². The van der Waals surface area contributed by atoms with E-state index in [0.717, 1.165) is 0 Å². The Bertz CT molecular complexity index is 377. The Hall–Kier alpha value is -2.16. The fourth-order valence-electron chi connectivity index (χ4n) is 1.04. The fraction of sp³-hybridized carbons (Fsp3) is 0.667. The van der Waals surface area contributed by atoms with Crippen LogP contribution in [-0.2, 0) is 38.1 Å². The first-order valence-corrected chi connectivity index (χ1v) is 6.09. The van der Waals surface area contributed by atoms with Crippen molar-refractivity contribution in [3.63, 3.8) is 0 Å². The van der Waals surface area contributed by atoms with Crippen LogP contribution in [0.15, 0.2) is 0 Å². The number of carbonyl (C=O) groups excluding carboxylic acids is 3. The highest BCUT2D eigenvalue weighted by molar-refractivity contribution is 5.81. The second kappa shape index (κ2) is 10.6. The van der Waals surface area contributed by atoms with Gasteiger partial charge >= 0.3 is 23.9 Å². The molecule has 1 unspecified atom stereocenters. The minimum atomic E-state index is -1.15. The van der Waals surface area contributed by atoms with Gasteiger partial charge in [-0.1, -0.05) is 0 Å². The lowest BCUT2D eigenvalue weighted by atomic mass is 10.3. The van der Waals surface area contributed by atoms with Crippen LogP contribution in [0.2, 0.25) is 0 Å². The molecule has 1 N–H and O–H groups in total. The number of carboxylic acid groups (broad SMARTS) is 1. The summed E-state index contributed by atoms with van der Waals surface area (Å²) in [5.74, 6) is -3.68. The maximum absolute atomic E-state index is 11.3. The molecule has 0 fully saturated rings. The summed E-state index contributed by atoms with van der Waals surface area (Å²) in [5, 5.41) is 8.35. The van der Waals surface area contributed by atoms with Gasteiger partial charge in [-0.15, -0.1) is 0 Å². The number of aliphatic carboxylic acids is 1. The SMILES string of the molecule is COCCOC(=O)C(C)OC(=O)COC(=O)CCC(=O)O. The Morgan fingerprint density at radius 2 is 1.67 bits per heavy atom. The first kappa shape index (κ1) is 18.8. The minimum absolute atomic E-state index is 0.0292. The molecule has 9 nitrogen and oxygen atoms in total. The normalized spacial score (nSPS) is 11.3. The van der Waals surface area contributed by atoms with Gasteiger partial charge in [-0.05, 0) is 6.92 Å². The number of hydrogen-bond acceptors (Lipinski definition) is 8. The van der Waals surface area contributed by atoms with Gasteiger partial charge in [-0.3, -0.25) is 9.59 Å². The highest BCUT2D eigenvalue weighted by Crippen LogP contribution is 1.98. The van der Waals surface area contributed by atoms with E-state index in [9.17, 15) is 19.2 Å². The van der Waals surface area contributed by atoms with Gasteiger partial charge in [0, 0.05) is 7.11 Å². The monoisotopic (exact) mass is 306 g/mol. The van der Waals surface area contributed by atoms with Crippen molar-refractivity contribution in [2.24, 2.45) is 0 Å². The van der Waals surface area contributed by atoms with Crippen LogP contribution in [0.1, 0.15) is 19.8 Å². The van der Waals surface area contributed by atoms with E-state index >= 15 is 0 Å². The zero-order chi connectivity index (χ0) is 16.3. The van der Waals surface area contributed by atoms with Crippen LogP contribution < -0.4 is 0 Å². The van der Waals surface area contributed by atoms with Crippen molar-refractivity contribution in [3.05, 3.63) is 0 Å². The lowest BCUT2D eigenvalue weighted by Gasteiger charge is -2.12. The van der Waals surface area contributed by atoms with Crippen LogP contribution in [0.4, 0.5) is 0 Å². The van der Waals surface area contributed by atoms with Crippen molar-refractivity contribution in [1.29, 1.82) is 0 Å². The summed E-state index contributed by atoms with van der Waals surface area (Å²) in [4.78, 5) is 43.9. The lowest BCUT2D eigenvalue weighted by molar-refractivity contribution is -0.172. The van der Waals surface area contributed by atoms with E-state index in [2.05, 4.69) is 14.2 Å². The predicted octanol–water partition coefficient (Wildman–Crippen LogP) is -0.484. The standard InChI is InChI=1S/C12H18O9/c1-8(12(17)19-6-5-18-2)21-11(16)7-20-10(15)4-3-9(13)14/h8H,3-7H2,1-2H3,(H,13,14). The molecule has 0 saturated heterocycles. The van der Waals surface area contributed by atoms with Crippen molar-refractivity contribution in [3.8, 4) is 0 Å². The molecule has 9 heteroatoms. The van der Waals surface area contributed by atoms with Gasteiger partial charge in [0.15, 0.2) is 12.7 Å². The Balaban J connectivity index is 3.89. The molecule has 0 spiro atoms. The largest absolute Gasteiger partial charge is 0.481 e. The molecule has 0 aromatic heterocycles. The summed E-state index contributed by atoms with van der Waals surface area (Å²) >= 11 is 0. The molecular formula is C12H18O9. The predicted molar refractivity (Wildman–Crippen MR) is 66.2 cm³/mol. The summed E-state index contributed by atoms with van der Waals surface area (Å²) in [6.45, 7) is 0.850. The molecule has 0 radical (unpaired) electrons. The van der Waals surface area contributed by atoms with E-state index in [1.165, 1.54) is 14.0 Å². The third-order valence-electron chi connectivity index (χ3n) is 2.07. The number of methoxy groups -OCH3 is 1. The molecule has 1 atom stereocenters. The topological polar surface area (TPSA) is 125 Å². The maximum atomic E-state index is 11.3. The second-order valence-electron chi connectivity index (χ2n) is 3.85. The van der Waals surface area contributed by atoms with Crippen LogP contribution >= 0.6 is 0 Å². The molecule has 0 aliphatic carbocycles. The number of carbonyl (C=O) groups is 4. The number of hydrogen-bond donors (Lipinski definition) is 1. The number of carboxylic acids is 1. The summed E-state index contributed by atoms with van der Waals surface area (Å²) < 4.78 is 18.6. The van der Waals surface area contributed by atoms with Gasteiger partial charge < -0.3 is 24.1 Å². The zero-order valence-corrected chi connectivity index (χ0v) is 11.8. The summed E-state index contributed by atoms with van der Waals surface area (Å²) in [5.41, 5.74) is 0. The number of esters is 3. The van der Waals surface area contributed by atoms with E-state index in [1.54, 1.807) is 0 Å². The second-order valence-corrected chi connectivity index (χ2v) is 3.85. The Morgan fingerprint density at radius 1 is 1.00 bits per heavy atom. The third kappa shape index (κ3) is 10.3. The van der Waals surface area contributed by atoms with Crippen molar-refractivity contribution in [2.45, 2.75) is 25.9 Å². The summed E-state index contributed by atoms with van der Waals surface area (Å²) in [6, 6.07) is 0. The molecule has 0 aliphatic rings. The molecule has 21 heavy (non-hydrogen) atoms. The van der Waals surface area contributed by atoms with Crippen LogP contribution in [0.25, 0.3) is 0 Å². The molecule has 120 valence electrons. The zero-order valence-electron chi connectivity index (χ0n) is 11.8. The Kier molecular flexibility index (Phi) is 9.52. The number of ether oxygens (including phenoxy) is 4. The summed E-state index contributed by atoms with van der Waals surface area (Å²) in [7, 11) is 1.44. The van der Waals surface area contributed by atoms with Gasteiger partial charge in [0.2, 0.25) is 0 Å². The van der Waals surface area contributed by atoms with Gasteiger partial charge in [-0.25, -0.2) is 9.59 Å². The van der Waals surface area contributed by atoms with Crippen molar-refractivity contribution in [1.82, 2.24) is 0 Å². The smallest absolute Gasteiger partial charge is 0.347 e. The van der Waals surface area contributed by atoms with E-state index < -0.39 is 43.0 Å². The number of rotatable bonds is 10. The quantitative estimate of drug-likeness (QED) is 0.323. The highest BCUT2D eigenvalue weighted by Gasteiger charge is 2.20. The van der Waals surface area contributed by atoms with Gasteiger partial charge in [0.25, 0.3) is 0 Å². The van der Waals surface area contributed by atoms with Crippen LogP contribution in [0, 0.1) is 0 Å². The van der Waals surface area contributed by atoms with E-state index in [1.807, 2.05) is 0 Å². The van der Waals surface area contributed by atoms with Crippen LogP contribution in [0.3, 0.4) is 0 Å². The van der Waals surface area contributed by atoms with Crippen molar-refractivity contribution < 1.29 is 43.2 Å². The van der Waals surface area contributed by atoms with Gasteiger partial charge in [-0.2, -0.15) is 0 Å². The average Bonchev–Trinajstić information content (AvgIpc) is 2.42. The molecule has 0 bridgehead atoms. The molecule has 0 heterocycles. The fourth-order valence-corrected chi connectivity index (χ4v) is 1.04. The molecule has 0 aliphatic heterocycles. The van der Waals surface area contributed by atoms with Crippen LogP contribution in [-0.4, -0.2) is 62.0 Å². The molecule has 0 saturated carbocycles. The van der Waals surface area contributed by atoms with Crippen molar-refractivity contribution >= 4 is 23.9 Å². The van der Waals surface area contributed by atoms with Gasteiger partial charge in [0.1, 0.15) is 6.61 Å².